The Labute approximate surface area is 242 Å². The van der Waals surface area contributed by atoms with Crippen LogP contribution in [-0.2, 0) is 22.7 Å². The number of amides is 2. The molecule has 0 fully saturated rings. The number of pyridine rings is 1. The van der Waals surface area contributed by atoms with E-state index in [9.17, 15) is 9.59 Å². The Kier molecular flexibility index (Phi) is 7.50. The third-order valence-corrected chi connectivity index (χ3v) is 7.22. The van der Waals surface area contributed by atoms with Crippen molar-refractivity contribution < 1.29 is 19.1 Å². The summed E-state index contributed by atoms with van der Waals surface area (Å²) >= 11 is 0. The fraction of sp³-hybridized carbons (Fsp3) is 0.219. The normalized spacial score (nSPS) is 12.8. The largest absolute Gasteiger partial charge is 0.454 e. The van der Waals surface area contributed by atoms with Gasteiger partial charge in [0.1, 0.15) is 18.1 Å². The first-order chi connectivity index (χ1) is 20.5. The van der Waals surface area contributed by atoms with Crippen molar-refractivity contribution in [3.8, 4) is 11.5 Å². The van der Waals surface area contributed by atoms with E-state index >= 15 is 0 Å². The van der Waals surface area contributed by atoms with Gasteiger partial charge in [0, 0.05) is 30.7 Å². The Hall–Kier alpha value is -5.25. The van der Waals surface area contributed by atoms with Crippen molar-refractivity contribution in [2.45, 2.75) is 38.9 Å². The molecule has 2 amide bonds. The lowest BCUT2D eigenvalue weighted by atomic mass is 9.97. The number of carbonyl (C=O) groups is 2. The average Bonchev–Trinajstić information content (AvgIpc) is 3.64. The molecule has 0 unspecified atom stereocenters. The summed E-state index contributed by atoms with van der Waals surface area (Å²) in [7, 11) is 0. The van der Waals surface area contributed by atoms with Crippen LogP contribution in [0.4, 0.5) is 5.69 Å². The summed E-state index contributed by atoms with van der Waals surface area (Å²) in [4.78, 5) is 34.1. The van der Waals surface area contributed by atoms with E-state index in [1.165, 1.54) is 0 Å². The molecule has 10 nitrogen and oxygen atoms in total. The van der Waals surface area contributed by atoms with Crippen LogP contribution in [0.2, 0.25) is 0 Å². The highest BCUT2D eigenvalue weighted by Crippen LogP contribution is 2.35. The van der Waals surface area contributed by atoms with E-state index < -0.39 is 6.04 Å². The molecule has 5 aromatic rings. The standard InChI is InChI=1S/C32H30N6O4/c1-21(2)23-9-11-24(12-10-23)31(32(40)34-25-13-14-28-29(16-25)42-20-41-28)37(18-22-6-5-15-33-17-22)30(39)19-38-27-8-4-3-7-26(27)35-36-38/h3-17,21,31H,18-20H2,1-2H3,(H,34,40)/t31-/m0/s1. The third kappa shape index (κ3) is 5.64. The van der Waals surface area contributed by atoms with Crippen LogP contribution in [0.5, 0.6) is 11.5 Å². The van der Waals surface area contributed by atoms with Gasteiger partial charge >= 0.3 is 0 Å². The summed E-state index contributed by atoms with van der Waals surface area (Å²) in [6.07, 6.45) is 3.37. The van der Waals surface area contributed by atoms with Gasteiger partial charge in [-0.05, 0) is 52.9 Å². The Morgan fingerprint density at radius 3 is 2.52 bits per heavy atom. The Morgan fingerprint density at radius 2 is 1.74 bits per heavy atom. The maximum atomic E-state index is 14.2. The number of ether oxygens (including phenoxy) is 2. The molecule has 3 heterocycles. The predicted molar refractivity (Wildman–Crippen MR) is 157 cm³/mol. The second kappa shape index (κ2) is 11.7. The minimum Gasteiger partial charge on any atom is -0.454 e. The van der Waals surface area contributed by atoms with Crippen LogP contribution >= 0.6 is 0 Å². The first-order valence-electron chi connectivity index (χ1n) is 13.7. The topological polar surface area (TPSA) is 111 Å². The second-order valence-electron chi connectivity index (χ2n) is 10.4. The van der Waals surface area contributed by atoms with E-state index in [2.05, 4.69) is 34.5 Å². The van der Waals surface area contributed by atoms with Crippen LogP contribution in [0.15, 0.2) is 91.3 Å². The number of hydrogen-bond acceptors (Lipinski definition) is 7. The number of rotatable bonds is 9. The number of anilines is 1. The van der Waals surface area contributed by atoms with Crippen molar-refractivity contribution in [2.75, 3.05) is 12.1 Å². The van der Waals surface area contributed by atoms with Gasteiger partial charge < -0.3 is 19.7 Å². The molecule has 212 valence electrons. The maximum Gasteiger partial charge on any atom is 0.251 e. The average molecular weight is 563 g/mol. The van der Waals surface area contributed by atoms with Crippen LogP contribution in [0.3, 0.4) is 0 Å². The van der Waals surface area contributed by atoms with Crippen molar-refractivity contribution in [2.24, 2.45) is 0 Å². The lowest BCUT2D eigenvalue weighted by Crippen LogP contribution is -2.42. The zero-order valence-corrected chi connectivity index (χ0v) is 23.3. The van der Waals surface area contributed by atoms with Crippen molar-refractivity contribution in [3.63, 3.8) is 0 Å². The number of fused-ring (bicyclic) bond motifs is 2. The summed E-state index contributed by atoms with van der Waals surface area (Å²) in [5, 5.41) is 11.4. The van der Waals surface area contributed by atoms with Gasteiger partial charge in [-0.1, -0.05) is 61.5 Å². The summed E-state index contributed by atoms with van der Waals surface area (Å²) in [6.45, 7) is 4.41. The third-order valence-electron chi connectivity index (χ3n) is 7.22. The molecule has 10 heteroatoms. The van der Waals surface area contributed by atoms with Crippen LogP contribution in [0, 0.1) is 0 Å². The molecule has 1 aliphatic rings. The molecule has 0 aliphatic carbocycles. The number of hydrogen-bond donors (Lipinski definition) is 1. The number of carbonyl (C=O) groups excluding carboxylic acids is 2. The number of benzene rings is 3. The molecule has 42 heavy (non-hydrogen) atoms. The van der Waals surface area contributed by atoms with E-state index in [1.807, 2.05) is 60.7 Å². The molecule has 6 rings (SSSR count). The highest BCUT2D eigenvalue weighted by atomic mass is 16.7. The van der Waals surface area contributed by atoms with Gasteiger partial charge in [0.25, 0.3) is 5.91 Å². The highest BCUT2D eigenvalue weighted by Gasteiger charge is 2.33. The lowest BCUT2D eigenvalue weighted by Gasteiger charge is -2.32. The summed E-state index contributed by atoms with van der Waals surface area (Å²) in [5.74, 6) is 0.808. The fourth-order valence-electron chi connectivity index (χ4n) is 4.99. The van der Waals surface area contributed by atoms with Gasteiger partial charge in [-0.3, -0.25) is 14.6 Å². The minimum absolute atomic E-state index is 0.0986. The van der Waals surface area contributed by atoms with Crippen molar-refractivity contribution in [1.82, 2.24) is 24.9 Å². The minimum atomic E-state index is -0.959. The first-order valence-corrected chi connectivity index (χ1v) is 13.7. The van der Waals surface area contributed by atoms with Gasteiger partial charge in [0.05, 0.1) is 5.52 Å². The first kappa shape index (κ1) is 26.9. The van der Waals surface area contributed by atoms with E-state index in [1.54, 1.807) is 40.2 Å². The van der Waals surface area contributed by atoms with Gasteiger partial charge in [0.2, 0.25) is 12.7 Å². The zero-order valence-electron chi connectivity index (χ0n) is 23.3. The van der Waals surface area contributed by atoms with Crippen LogP contribution in [-0.4, -0.2) is 43.5 Å². The molecule has 3 aromatic carbocycles. The number of nitrogens with zero attached hydrogens (tertiary/aromatic N) is 5. The lowest BCUT2D eigenvalue weighted by molar-refractivity contribution is -0.140. The molecule has 0 radical (unpaired) electrons. The van der Waals surface area contributed by atoms with Crippen molar-refractivity contribution >= 4 is 28.5 Å². The quantitative estimate of drug-likeness (QED) is 0.266. The summed E-state index contributed by atoms with van der Waals surface area (Å²) < 4.78 is 12.5. The molecular weight excluding hydrogens is 532 g/mol. The summed E-state index contributed by atoms with van der Waals surface area (Å²) in [5.41, 5.74) is 4.55. The second-order valence-corrected chi connectivity index (χ2v) is 10.4. The van der Waals surface area contributed by atoms with Gasteiger partial charge in [0.15, 0.2) is 11.5 Å². The van der Waals surface area contributed by atoms with E-state index in [0.717, 1.165) is 16.6 Å². The molecule has 1 aliphatic heterocycles. The molecule has 0 saturated carbocycles. The van der Waals surface area contributed by atoms with Gasteiger partial charge in [-0.2, -0.15) is 0 Å². The number of aromatic nitrogens is 4. The smallest absolute Gasteiger partial charge is 0.251 e. The summed E-state index contributed by atoms with van der Waals surface area (Å²) in [6, 6.07) is 23.2. The molecule has 0 spiro atoms. The fourth-order valence-corrected chi connectivity index (χ4v) is 4.99. The maximum absolute atomic E-state index is 14.2. The SMILES string of the molecule is CC(C)c1ccc([C@@H](C(=O)Nc2ccc3c(c2)OCO3)N(Cc2cccnc2)C(=O)Cn2nnc3ccccc32)cc1. The molecule has 0 bridgehead atoms. The molecular formula is C32H30N6O4. The van der Waals surface area contributed by atoms with E-state index in [4.69, 9.17) is 9.47 Å². The monoisotopic (exact) mass is 562 g/mol. The van der Waals surface area contributed by atoms with Crippen molar-refractivity contribution in [1.29, 1.82) is 0 Å². The molecule has 1 N–H and O–H groups in total. The number of nitrogens with one attached hydrogen (secondary N) is 1. The van der Waals surface area contributed by atoms with Gasteiger partial charge in [-0.25, -0.2) is 4.68 Å². The molecule has 0 saturated heterocycles. The van der Waals surface area contributed by atoms with Crippen LogP contribution in [0.25, 0.3) is 11.0 Å². The number of para-hydroxylation sites is 1. The molecule has 2 aromatic heterocycles. The van der Waals surface area contributed by atoms with Crippen LogP contribution in [0.1, 0.15) is 42.5 Å². The Morgan fingerprint density at radius 1 is 0.952 bits per heavy atom. The molecule has 1 atom stereocenters. The van der Waals surface area contributed by atoms with Gasteiger partial charge in [-0.15, -0.1) is 5.10 Å². The van der Waals surface area contributed by atoms with Crippen molar-refractivity contribution in [3.05, 3.63) is 108 Å². The Balaban J connectivity index is 1.39. The van der Waals surface area contributed by atoms with Crippen LogP contribution < -0.4 is 14.8 Å². The van der Waals surface area contributed by atoms with E-state index in [-0.39, 0.29) is 31.7 Å². The predicted octanol–water partition coefficient (Wildman–Crippen LogP) is 5.09. The zero-order chi connectivity index (χ0) is 29.1. The Bertz CT molecular complexity index is 1720. The highest BCUT2D eigenvalue weighted by molar-refractivity contribution is 5.98. The van der Waals surface area contributed by atoms with E-state index in [0.29, 0.717) is 34.2 Å².